The molecule has 2 saturated carbocycles. The molecule has 5 rings (SSSR count). The molecule has 230 valence electrons. The number of carbonyl (C=O) groups excluding carboxylic acids is 3. The third kappa shape index (κ3) is 11.1. The maximum absolute atomic E-state index is 12.5. The number of aryl methyl sites for hydroxylation is 1. The Morgan fingerprint density at radius 2 is 1.30 bits per heavy atom. The Kier molecular flexibility index (Phi) is 12.2. The van der Waals surface area contributed by atoms with Crippen molar-refractivity contribution in [1.82, 2.24) is 0 Å². The minimum absolute atomic E-state index is 0.174. The summed E-state index contributed by atoms with van der Waals surface area (Å²) in [6.45, 7) is 7.75. The SMILES string of the molecule is CC(C)(C)OC(N)=O.Cc1ccc(S)cc1.O=C(OCc1ccccc1)C1CC(O)C2C(C(=O)OCc3ccccc3)C12. The van der Waals surface area contributed by atoms with Crippen molar-refractivity contribution in [2.24, 2.45) is 29.4 Å². The molecule has 0 aromatic heterocycles. The largest absolute Gasteiger partial charge is 0.461 e. The summed E-state index contributed by atoms with van der Waals surface area (Å²) < 4.78 is 15.4. The van der Waals surface area contributed by atoms with Gasteiger partial charge in [0.2, 0.25) is 0 Å². The van der Waals surface area contributed by atoms with Gasteiger partial charge >= 0.3 is 18.0 Å². The fourth-order valence-corrected chi connectivity index (χ4v) is 5.17. The summed E-state index contributed by atoms with van der Waals surface area (Å²) >= 11 is 4.13. The van der Waals surface area contributed by atoms with Crippen molar-refractivity contribution < 1.29 is 33.7 Å². The van der Waals surface area contributed by atoms with Gasteiger partial charge in [0.1, 0.15) is 18.8 Å². The van der Waals surface area contributed by atoms with Crippen LogP contribution in [0.5, 0.6) is 0 Å². The quantitative estimate of drug-likeness (QED) is 0.182. The number of amides is 1. The number of fused-ring (bicyclic) bond motifs is 1. The Bertz CT molecular complexity index is 1310. The Balaban J connectivity index is 0.000000259. The van der Waals surface area contributed by atoms with E-state index in [-0.39, 0.29) is 37.0 Å². The van der Waals surface area contributed by atoms with Crippen LogP contribution in [-0.2, 0) is 37.0 Å². The minimum Gasteiger partial charge on any atom is -0.461 e. The first kappa shape index (κ1) is 33.7. The molecule has 0 radical (unpaired) electrons. The van der Waals surface area contributed by atoms with Crippen LogP contribution in [0.15, 0.2) is 89.8 Å². The molecule has 5 atom stereocenters. The Labute approximate surface area is 258 Å². The van der Waals surface area contributed by atoms with E-state index < -0.39 is 29.6 Å². The first-order valence-electron chi connectivity index (χ1n) is 14.2. The van der Waals surface area contributed by atoms with Crippen molar-refractivity contribution in [1.29, 1.82) is 0 Å². The zero-order valence-corrected chi connectivity index (χ0v) is 25.9. The van der Waals surface area contributed by atoms with Crippen LogP contribution in [0, 0.1) is 30.6 Å². The molecule has 8 nitrogen and oxygen atoms in total. The van der Waals surface area contributed by atoms with Crippen molar-refractivity contribution in [3.63, 3.8) is 0 Å². The highest BCUT2D eigenvalue weighted by Gasteiger charge is 2.68. The van der Waals surface area contributed by atoms with Gasteiger partial charge < -0.3 is 25.1 Å². The second-order valence-corrected chi connectivity index (χ2v) is 12.2. The highest BCUT2D eigenvalue weighted by molar-refractivity contribution is 7.80. The predicted molar refractivity (Wildman–Crippen MR) is 166 cm³/mol. The van der Waals surface area contributed by atoms with E-state index in [1.165, 1.54) is 5.56 Å². The maximum Gasteiger partial charge on any atom is 0.405 e. The van der Waals surface area contributed by atoms with Crippen LogP contribution in [0.4, 0.5) is 4.79 Å². The lowest BCUT2D eigenvalue weighted by atomic mass is 9.99. The highest BCUT2D eigenvalue weighted by atomic mass is 32.1. The van der Waals surface area contributed by atoms with Gasteiger partial charge in [0.15, 0.2) is 0 Å². The average molecular weight is 608 g/mol. The van der Waals surface area contributed by atoms with E-state index in [0.717, 1.165) is 16.0 Å². The van der Waals surface area contributed by atoms with Crippen LogP contribution in [0.1, 0.15) is 43.9 Å². The molecule has 0 heterocycles. The summed E-state index contributed by atoms with van der Waals surface area (Å²) in [7, 11) is 0. The number of ether oxygens (including phenoxy) is 3. The fourth-order valence-electron chi connectivity index (χ4n) is 5.02. The van der Waals surface area contributed by atoms with Crippen LogP contribution in [0.3, 0.4) is 0 Å². The summed E-state index contributed by atoms with van der Waals surface area (Å²) in [5.41, 5.74) is 7.37. The topological polar surface area (TPSA) is 125 Å². The summed E-state index contributed by atoms with van der Waals surface area (Å²) in [4.78, 5) is 35.9. The summed E-state index contributed by atoms with van der Waals surface area (Å²) in [5, 5.41) is 10.2. The molecule has 2 aliphatic carbocycles. The Hall–Kier alpha value is -3.82. The van der Waals surface area contributed by atoms with Gasteiger partial charge in [-0.2, -0.15) is 0 Å². The molecular formula is C34H41NO7S. The number of aliphatic hydroxyl groups excluding tert-OH is 1. The van der Waals surface area contributed by atoms with Gasteiger partial charge in [-0.25, -0.2) is 4.79 Å². The molecule has 3 N–H and O–H groups in total. The molecule has 2 fully saturated rings. The lowest BCUT2D eigenvalue weighted by molar-refractivity contribution is -0.153. The van der Waals surface area contributed by atoms with Gasteiger partial charge in [-0.05, 0) is 63.3 Å². The van der Waals surface area contributed by atoms with Gasteiger partial charge in [0, 0.05) is 10.8 Å². The number of carbonyl (C=O) groups is 3. The van der Waals surface area contributed by atoms with Crippen LogP contribution in [0.25, 0.3) is 0 Å². The van der Waals surface area contributed by atoms with E-state index in [0.29, 0.717) is 6.42 Å². The molecule has 0 bridgehead atoms. The van der Waals surface area contributed by atoms with Crippen molar-refractivity contribution in [2.45, 2.75) is 63.9 Å². The molecule has 0 saturated heterocycles. The lowest BCUT2D eigenvalue weighted by Crippen LogP contribution is -2.27. The van der Waals surface area contributed by atoms with Crippen LogP contribution < -0.4 is 5.73 Å². The number of aliphatic hydroxyl groups is 1. The number of hydrogen-bond acceptors (Lipinski definition) is 8. The van der Waals surface area contributed by atoms with E-state index in [2.05, 4.69) is 24.3 Å². The predicted octanol–water partition coefficient (Wildman–Crippen LogP) is 5.88. The molecule has 3 aromatic carbocycles. The van der Waals surface area contributed by atoms with E-state index in [1.54, 1.807) is 20.8 Å². The fraction of sp³-hybridized carbons (Fsp3) is 0.382. The van der Waals surface area contributed by atoms with E-state index in [4.69, 9.17) is 15.2 Å². The third-order valence-electron chi connectivity index (χ3n) is 7.00. The van der Waals surface area contributed by atoms with Crippen molar-refractivity contribution in [3.8, 4) is 0 Å². The number of thiol groups is 1. The van der Waals surface area contributed by atoms with Gasteiger partial charge in [0.25, 0.3) is 0 Å². The van der Waals surface area contributed by atoms with Gasteiger partial charge in [-0.3, -0.25) is 9.59 Å². The molecule has 43 heavy (non-hydrogen) atoms. The second kappa shape index (κ2) is 15.6. The number of esters is 2. The van der Waals surface area contributed by atoms with Crippen LogP contribution >= 0.6 is 12.6 Å². The number of nitrogens with two attached hydrogens (primary N) is 1. The van der Waals surface area contributed by atoms with Gasteiger partial charge in [-0.15, -0.1) is 12.6 Å². The second-order valence-electron chi connectivity index (χ2n) is 11.6. The van der Waals surface area contributed by atoms with E-state index >= 15 is 0 Å². The van der Waals surface area contributed by atoms with Gasteiger partial charge in [0.05, 0.1) is 17.9 Å². The number of hydrogen-bond donors (Lipinski definition) is 3. The zero-order chi connectivity index (χ0) is 31.6. The number of benzene rings is 3. The van der Waals surface area contributed by atoms with Crippen molar-refractivity contribution >= 4 is 30.7 Å². The Morgan fingerprint density at radius 1 is 0.814 bits per heavy atom. The molecule has 0 aliphatic heterocycles. The number of primary amides is 1. The molecule has 0 spiro atoms. The first-order chi connectivity index (χ1) is 20.4. The first-order valence-corrected chi connectivity index (χ1v) is 14.6. The summed E-state index contributed by atoms with van der Waals surface area (Å²) in [5.74, 6) is -1.90. The van der Waals surface area contributed by atoms with Crippen molar-refractivity contribution in [2.75, 3.05) is 0 Å². The lowest BCUT2D eigenvalue weighted by Gasteiger charge is -2.16. The molecular weight excluding hydrogens is 566 g/mol. The van der Waals surface area contributed by atoms with Crippen LogP contribution in [-0.4, -0.2) is 34.8 Å². The monoisotopic (exact) mass is 607 g/mol. The maximum atomic E-state index is 12.5. The number of rotatable bonds is 6. The Morgan fingerprint density at radius 3 is 1.72 bits per heavy atom. The highest BCUT2D eigenvalue weighted by Crippen LogP contribution is 2.61. The molecule has 9 heteroatoms. The van der Waals surface area contributed by atoms with E-state index in [1.807, 2.05) is 84.9 Å². The normalized spacial score (nSPS) is 21.5. The molecule has 2 aliphatic rings. The van der Waals surface area contributed by atoms with Crippen molar-refractivity contribution in [3.05, 3.63) is 102 Å². The smallest absolute Gasteiger partial charge is 0.405 e. The zero-order valence-electron chi connectivity index (χ0n) is 25.0. The minimum atomic E-state index is -0.725. The summed E-state index contributed by atoms with van der Waals surface area (Å²) in [6, 6.07) is 27.0. The summed E-state index contributed by atoms with van der Waals surface area (Å²) in [6.07, 6.45) is -1.03. The van der Waals surface area contributed by atoms with Gasteiger partial charge in [-0.1, -0.05) is 78.4 Å². The molecule has 1 amide bonds. The molecule has 5 unspecified atom stereocenters. The molecule has 3 aromatic rings. The standard InChI is InChI=1S/C22H22O5.C7H8S.C5H11NO2/c23-17-11-16(21(24)26-12-14-7-3-1-4-8-14)18-19(17)20(18)22(25)27-13-15-9-5-2-6-10-15;1-6-2-4-7(8)5-3-6;1-5(2,3)8-4(6)7/h1-10,16-20,23H,11-13H2;2-5,8H,1H3;1-3H3,(H2,6,7). The average Bonchev–Trinajstić information content (AvgIpc) is 3.62. The third-order valence-corrected chi connectivity index (χ3v) is 7.30. The van der Waals surface area contributed by atoms with Crippen LogP contribution in [0.2, 0.25) is 0 Å². The van der Waals surface area contributed by atoms with E-state index in [9.17, 15) is 19.5 Å².